The SMILES string of the molecule is N#CC1(NC(=O)c2cc(OCC3(NS(=O)(=O)C(F)(F)F)CC3)cnc2Cl)CC1. The van der Waals surface area contributed by atoms with Crippen molar-refractivity contribution in [3.8, 4) is 11.8 Å². The van der Waals surface area contributed by atoms with Crippen LogP contribution in [0.1, 0.15) is 36.0 Å². The Morgan fingerprint density at radius 1 is 1.36 bits per heavy atom. The van der Waals surface area contributed by atoms with Gasteiger partial charge in [-0.25, -0.2) is 13.4 Å². The van der Waals surface area contributed by atoms with Crippen molar-refractivity contribution in [1.82, 2.24) is 15.0 Å². The normalized spacial score (nSPS) is 19.4. The van der Waals surface area contributed by atoms with E-state index in [1.807, 2.05) is 6.07 Å². The standard InChI is InChI=1S/C15H14ClF3N4O4S/c16-11-10(12(24)22-13(7-20)1-2-13)5-9(6-21-11)27-8-14(3-4-14)23-28(25,26)15(17,18)19/h5-6,23H,1-4,8H2,(H,22,24). The maximum Gasteiger partial charge on any atom is 0.511 e. The van der Waals surface area contributed by atoms with Crippen molar-refractivity contribution >= 4 is 27.5 Å². The summed E-state index contributed by atoms with van der Waals surface area (Å²) in [4.78, 5) is 16.1. The van der Waals surface area contributed by atoms with Crippen LogP contribution < -0.4 is 14.8 Å². The Labute approximate surface area is 163 Å². The van der Waals surface area contributed by atoms with E-state index >= 15 is 0 Å². The van der Waals surface area contributed by atoms with E-state index in [2.05, 4.69) is 10.3 Å². The molecular formula is C15H14ClF3N4O4S. The summed E-state index contributed by atoms with van der Waals surface area (Å²) in [5.41, 5.74) is -7.78. The second kappa shape index (κ2) is 6.75. The van der Waals surface area contributed by atoms with Crippen LogP contribution in [0.2, 0.25) is 5.15 Å². The van der Waals surface area contributed by atoms with Crippen molar-refractivity contribution in [1.29, 1.82) is 5.26 Å². The molecule has 2 aliphatic rings. The second-order valence-electron chi connectivity index (χ2n) is 6.78. The number of carbonyl (C=O) groups is 1. The zero-order valence-electron chi connectivity index (χ0n) is 14.1. The van der Waals surface area contributed by atoms with Gasteiger partial charge in [-0.05, 0) is 31.7 Å². The molecule has 1 amide bonds. The summed E-state index contributed by atoms with van der Waals surface area (Å²) in [5, 5.41) is 11.4. The molecular weight excluding hydrogens is 425 g/mol. The lowest BCUT2D eigenvalue weighted by atomic mass is 10.2. The largest absolute Gasteiger partial charge is 0.511 e. The van der Waals surface area contributed by atoms with Crippen LogP contribution in [0.4, 0.5) is 13.2 Å². The molecule has 152 valence electrons. The molecule has 1 heterocycles. The minimum atomic E-state index is -5.50. The smallest absolute Gasteiger partial charge is 0.490 e. The van der Waals surface area contributed by atoms with Crippen LogP contribution in [0.25, 0.3) is 0 Å². The fraction of sp³-hybridized carbons (Fsp3) is 0.533. The highest BCUT2D eigenvalue weighted by Crippen LogP contribution is 2.39. The second-order valence-corrected chi connectivity index (χ2v) is 8.81. The quantitative estimate of drug-likeness (QED) is 0.627. The lowest BCUT2D eigenvalue weighted by Gasteiger charge is -2.19. The van der Waals surface area contributed by atoms with Gasteiger partial charge >= 0.3 is 15.5 Å². The third-order valence-electron chi connectivity index (χ3n) is 4.40. The topological polar surface area (TPSA) is 121 Å². The third kappa shape index (κ3) is 4.31. The van der Waals surface area contributed by atoms with Crippen LogP contribution in [0.15, 0.2) is 12.3 Å². The lowest BCUT2D eigenvalue weighted by molar-refractivity contribution is -0.0453. The number of nitriles is 1. The fourth-order valence-corrected chi connectivity index (χ4v) is 3.47. The van der Waals surface area contributed by atoms with Gasteiger partial charge < -0.3 is 10.1 Å². The predicted molar refractivity (Wildman–Crippen MR) is 89.9 cm³/mol. The molecule has 0 spiro atoms. The van der Waals surface area contributed by atoms with Crippen molar-refractivity contribution < 1.29 is 31.1 Å². The summed E-state index contributed by atoms with van der Waals surface area (Å²) in [6, 6.07) is 3.22. The Kier molecular flexibility index (Phi) is 4.97. The molecule has 0 unspecified atom stereocenters. The van der Waals surface area contributed by atoms with Crippen molar-refractivity contribution in [2.24, 2.45) is 0 Å². The first-order chi connectivity index (χ1) is 12.9. The molecule has 13 heteroatoms. The number of rotatable bonds is 7. The highest BCUT2D eigenvalue weighted by atomic mass is 35.5. The number of pyridine rings is 1. The minimum absolute atomic E-state index is 0.0221. The predicted octanol–water partition coefficient (Wildman–Crippen LogP) is 1.87. The monoisotopic (exact) mass is 438 g/mol. The molecule has 0 atom stereocenters. The number of ether oxygens (including phenoxy) is 1. The highest BCUT2D eigenvalue weighted by molar-refractivity contribution is 7.90. The molecule has 0 aliphatic heterocycles. The summed E-state index contributed by atoms with van der Waals surface area (Å²) < 4.78 is 67.1. The van der Waals surface area contributed by atoms with Gasteiger partial charge in [0.15, 0.2) is 0 Å². The van der Waals surface area contributed by atoms with Crippen molar-refractivity contribution in [2.45, 2.75) is 42.3 Å². The number of sulfonamides is 1. The summed E-state index contributed by atoms with van der Waals surface area (Å²) in [6.45, 7) is -0.380. The first-order valence-electron chi connectivity index (χ1n) is 8.03. The average Bonchev–Trinajstić information content (AvgIpc) is 3.51. The van der Waals surface area contributed by atoms with E-state index in [0.29, 0.717) is 12.8 Å². The van der Waals surface area contributed by atoms with Gasteiger partial charge in [0.2, 0.25) is 0 Å². The number of hydrogen-bond acceptors (Lipinski definition) is 6. The van der Waals surface area contributed by atoms with Gasteiger partial charge in [-0.15, -0.1) is 0 Å². The van der Waals surface area contributed by atoms with E-state index in [-0.39, 0.29) is 35.9 Å². The number of hydrogen-bond donors (Lipinski definition) is 2. The van der Waals surface area contributed by atoms with Crippen molar-refractivity contribution in [3.63, 3.8) is 0 Å². The Morgan fingerprint density at radius 3 is 2.50 bits per heavy atom. The molecule has 3 rings (SSSR count). The van der Waals surface area contributed by atoms with Gasteiger partial charge in [0.05, 0.1) is 23.4 Å². The number of aromatic nitrogens is 1. The van der Waals surface area contributed by atoms with Crippen molar-refractivity contribution in [2.75, 3.05) is 6.61 Å². The summed E-state index contributed by atoms with van der Waals surface area (Å²) in [7, 11) is -5.50. The Bertz CT molecular complexity index is 953. The van der Waals surface area contributed by atoms with Crippen LogP contribution in [-0.4, -0.2) is 42.5 Å². The minimum Gasteiger partial charge on any atom is -0.490 e. The molecule has 2 fully saturated rings. The molecule has 2 saturated carbocycles. The molecule has 0 aromatic carbocycles. The highest BCUT2D eigenvalue weighted by Gasteiger charge is 2.55. The summed E-state index contributed by atoms with van der Waals surface area (Å²) in [6.07, 6.45) is 2.52. The van der Waals surface area contributed by atoms with Crippen LogP contribution in [-0.2, 0) is 10.0 Å². The maximum absolute atomic E-state index is 12.5. The molecule has 28 heavy (non-hydrogen) atoms. The van der Waals surface area contributed by atoms with Gasteiger partial charge in [0.1, 0.15) is 23.0 Å². The number of alkyl halides is 3. The molecule has 1 aromatic rings. The van der Waals surface area contributed by atoms with Crippen LogP contribution in [0.5, 0.6) is 5.75 Å². The van der Waals surface area contributed by atoms with Crippen LogP contribution in [0, 0.1) is 11.3 Å². The van der Waals surface area contributed by atoms with Gasteiger partial charge in [0, 0.05) is 0 Å². The fourth-order valence-electron chi connectivity index (χ4n) is 2.33. The van der Waals surface area contributed by atoms with Crippen molar-refractivity contribution in [3.05, 3.63) is 23.0 Å². The summed E-state index contributed by atoms with van der Waals surface area (Å²) >= 11 is 5.90. The van der Waals surface area contributed by atoms with E-state index in [1.165, 1.54) is 6.07 Å². The number of amides is 1. The lowest BCUT2D eigenvalue weighted by Crippen LogP contribution is -2.47. The first kappa shape index (κ1) is 20.6. The number of halogens is 4. The van der Waals surface area contributed by atoms with E-state index < -0.39 is 32.5 Å². The molecule has 0 radical (unpaired) electrons. The average molecular weight is 439 g/mol. The van der Waals surface area contributed by atoms with E-state index in [0.717, 1.165) is 6.20 Å². The van der Waals surface area contributed by atoms with Gasteiger partial charge in [-0.3, -0.25) is 4.79 Å². The van der Waals surface area contributed by atoms with Gasteiger partial charge in [0.25, 0.3) is 5.91 Å². The molecule has 2 N–H and O–H groups in total. The Morgan fingerprint density at radius 2 is 2.00 bits per heavy atom. The van der Waals surface area contributed by atoms with Gasteiger partial charge in [-0.2, -0.15) is 23.2 Å². The maximum atomic E-state index is 12.5. The Hall–Kier alpha value is -2.10. The molecule has 0 bridgehead atoms. The van der Waals surface area contributed by atoms with E-state index in [1.54, 1.807) is 4.72 Å². The molecule has 1 aromatic heterocycles. The Balaban J connectivity index is 1.67. The van der Waals surface area contributed by atoms with E-state index in [9.17, 15) is 26.4 Å². The zero-order chi connectivity index (χ0) is 20.8. The molecule has 8 nitrogen and oxygen atoms in total. The first-order valence-corrected chi connectivity index (χ1v) is 9.89. The summed E-state index contributed by atoms with van der Waals surface area (Å²) in [5.74, 6) is -0.616. The third-order valence-corrected chi connectivity index (χ3v) is 6.01. The molecule has 0 saturated heterocycles. The zero-order valence-corrected chi connectivity index (χ0v) is 15.7. The number of nitrogens with zero attached hydrogens (tertiary/aromatic N) is 2. The number of carbonyl (C=O) groups excluding carboxylic acids is 1. The van der Waals surface area contributed by atoms with Gasteiger partial charge in [-0.1, -0.05) is 11.6 Å². The van der Waals surface area contributed by atoms with E-state index in [4.69, 9.17) is 21.6 Å². The number of nitrogens with one attached hydrogen (secondary N) is 2. The molecule has 2 aliphatic carbocycles. The van der Waals surface area contributed by atoms with Crippen LogP contribution >= 0.6 is 11.6 Å². The van der Waals surface area contributed by atoms with Crippen LogP contribution in [0.3, 0.4) is 0 Å².